The molecule has 0 radical (unpaired) electrons. The van der Waals surface area contributed by atoms with Gasteiger partial charge in [0.2, 0.25) is 23.7 Å². The Labute approximate surface area is 495 Å². The summed E-state index contributed by atoms with van der Waals surface area (Å²) in [7, 11) is 3.86. The predicted molar refractivity (Wildman–Crippen MR) is 301 cm³/mol. The number of benzene rings is 3. The molecule has 32 heteroatoms. The van der Waals surface area contributed by atoms with Gasteiger partial charge in [0.1, 0.15) is 34.1 Å². The van der Waals surface area contributed by atoms with Crippen LogP contribution >= 0.6 is 0 Å². The molecule has 4 N–H and O–H groups in total. The summed E-state index contributed by atoms with van der Waals surface area (Å²) in [6.07, 6.45) is -4.33. The van der Waals surface area contributed by atoms with Gasteiger partial charge in [-0.25, -0.2) is 47.2 Å². The van der Waals surface area contributed by atoms with Gasteiger partial charge < -0.3 is 44.2 Å². The number of hydrogen-bond donors (Lipinski definition) is 4. The van der Waals surface area contributed by atoms with Crippen LogP contribution in [0.15, 0.2) is 115 Å². The number of nitrogens with zero attached hydrogens (tertiary/aromatic N) is 10. The highest BCUT2D eigenvalue weighted by molar-refractivity contribution is 7.90. The lowest BCUT2D eigenvalue weighted by Gasteiger charge is -2.15. The molecule has 0 spiro atoms. The number of Topliss-reactive ketones (excluding diaryl/α,β-unsaturated/α-hetero) is 1. The molecule has 0 bridgehead atoms. The molecular formula is C56H49F6N13O12S. The summed E-state index contributed by atoms with van der Waals surface area (Å²) in [6, 6.07) is 19.1. The molecule has 0 atom stereocenters. The number of ether oxygens (including phenoxy) is 6. The van der Waals surface area contributed by atoms with E-state index < -0.39 is 45.6 Å². The van der Waals surface area contributed by atoms with E-state index in [0.29, 0.717) is 34.4 Å². The van der Waals surface area contributed by atoms with E-state index in [4.69, 9.17) is 28.4 Å². The fraction of sp³-hybridized carbons (Fsp3) is 0.196. The first-order valence-corrected chi connectivity index (χ1v) is 26.7. The fourth-order valence-corrected chi connectivity index (χ4v) is 9.24. The van der Waals surface area contributed by atoms with Gasteiger partial charge in [-0.15, -0.1) is 0 Å². The van der Waals surface area contributed by atoms with Crippen molar-refractivity contribution in [2.45, 2.75) is 38.0 Å². The third-order valence-electron chi connectivity index (χ3n) is 12.5. The number of sulfonamides is 1. The number of carboxylic acid groups (broad SMARTS) is 1. The summed E-state index contributed by atoms with van der Waals surface area (Å²) in [4.78, 5) is 62.2. The fourth-order valence-electron chi connectivity index (χ4n) is 8.23. The number of carbonyl (C=O) groups excluding carboxylic acids is 2. The van der Waals surface area contributed by atoms with Crippen LogP contribution < -0.4 is 43.8 Å². The van der Waals surface area contributed by atoms with Crippen LogP contribution in [0.2, 0.25) is 0 Å². The largest absolute Gasteiger partial charge is 0.497 e. The molecule has 0 saturated heterocycles. The van der Waals surface area contributed by atoms with Crippen molar-refractivity contribution in [1.29, 1.82) is 0 Å². The minimum atomic E-state index is -4.77. The summed E-state index contributed by atoms with van der Waals surface area (Å²) >= 11 is 0. The van der Waals surface area contributed by atoms with Gasteiger partial charge in [-0.05, 0) is 57.2 Å². The molecule has 0 aliphatic rings. The number of rotatable bonds is 19. The van der Waals surface area contributed by atoms with Crippen LogP contribution in [0.5, 0.6) is 34.8 Å². The van der Waals surface area contributed by atoms with Crippen molar-refractivity contribution in [2.75, 3.05) is 53.3 Å². The van der Waals surface area contributed by atoms with E-state index in [1.165, 1.54) is 119 Å². The number of amides is 1. The molecule has 0 unspecified atom stereocenters. The molecule has 0 saturated carbocycles. The molecule has 6 aromatic heterocycles. The summed E-state index contributed by atoms with van der Waals surface area (Å²) in [5.74, 6) is -1.64. The average molecular weight is 1240 g/mol. The van der Waals surface area contributed by atoms with Gasteiger partial charge in [0.05, 0.1) is 47.6 Å². The summed E-state index contributed by atoms with van der Waals surface area (Å²) in [5.41, 5.74) is -1.14. The molecule has 458 valence electrons. The van der Waals surface area contributed by atoms with E-state index in [1.54, 1.807) is 36.4 Å². The maximum atomic E-state index is 13.7. The Balaban J connectivity index is 0.000000237. The standard InChI is InChI=1S/C32H28F3N7O7S.C24H21F3N6O5/c1-17-9-27(32(33,34)35)40-42(17)28-26(16-37-31(39-28)38-21-12-22(47-3)14-23(13-21)48-4)20-11-25(30(49-5)36-15-20)29(44)41-50(45,46)24-8-6-7-19(10-24)18(2)43;1-12-5-19(24(25,26)27)32-33(12)20-18(13-6-17(22(34)35)21(38-4)28-10-13)11-29-23(31-20)30-14-7-15(36-2)9-16(8-14)37-3/h6-16H,1-5H3,(H,41,44)(H,37,38,39);5-11H,1-4H3,(H,34,35)(H,29,30,31). The average Bonchev–Trinajstić information content (AvgIpc) is 2.19. The Hall–Kier alpha value is -10.9. The van der Waals surface area contributed by atoms with Crippen LogP contribution in [-0.4, -0.2) is 123 Å². The number of aryl methyl sites for hydroxylation is 2. The maximum absolute atomic E-state index is 13.7. The molecule has 0 fully saturated rings. The molecule has 88 heavy (non-hydrogen) atoms. The minimum Gasteiger partial charge on any atom is -0.497 e. The molecule has 3 aromatic carbocycles. The van der Waals surface area contributed by atoms with Crippen molar-refractivity contribution in [3.05, 3.63) is 149 Å². The Kier molecular flexibility index (Phi) is 18.5. The number of methoxy groups -OCH3 is 6. The lowest BCUT2D eigenvalue weighted by Crippen LogP contribution is -2.31. The molecule has 9 rings (SSSR count). The Morgan fingerprint density at radius 2 is 0.966 bits per heavy atom. The molecule has 25 nitrogen and oxygen atoms in total. The first-order valence-electron chi connectivity index (χ1n) is 25.2. The van der Waals surface area contributed by atoms with E-state index in [1.807, 2.05) is 4.72 Å². The maximum Gasteiger partial charge on any atom is 0.435 e. The number of anilines is 4. The lowest BCUT2D eigenvalue weighted by atomic mass is 10.1. The topological polar surface area (TPSA) is 310 Å². The van der Waals surface area contributed by atoms with Gasteiger partial charge in [0.25, 0.3) is 15.9 Å². The van der Waals surface area contributed by atoms with Gasteiger partial charge in [-0.1, -0.05) is 12.1 Å². The number of carbonyl (C=O) groups is 3. The Morgan fingerprint density at radius 1 is 0.545 bits per heavy atom. The van der Waals surface area contributed by atoms with Crippen molar-refractivity contribution in [2.24, 2.45) is 0 Å². The Bertz CT molecular complexity index is 4210. The van der Waals surface area contributed by atoms with Crippen LogP contribution in [0.3, 0.4) is 0 Å². The van der Waals surface area contributed by atoms with Crippen LogP contribution in [0.4, 0.5) is 49.6 Å². The molecule has 6 heterocycles. The van der Waals surface area contributed by atoms with E-state index in [-0.39, 0.29) is 96.3 Å². The van der Waals surface area contributed by atoms with Crippen molar-refractivity contribution in [1.82, 2.24) is 54.2 Å². The van der Waals surface area contributed by atoms with Gasteiger partial charge in [-0.2, -0.15) is 46.5 Å². The predicted octanol–water partition coefficient (Wildman–Crippen LogP) is 9.66. The normalized spacial score (nSPS) is 11.4. The second-order valence-corrected chi connectivity index (χ2v) is 20.0. The number of ketones is 1. The summed E-state index contributed by atoms with van der Waals surface area (Å²) in [6.45, 7) is 4.09. The molecule has 0 aliphatic heterocycles. The van der Waals surface area contributed by atoms with Gasteiger partial charge in [0.15, 0.2) is 28.8 Å². The van der Waals surface area contributed by atoms with Crippen LogP contribution in [0, 0.1) is 13.8 Å². The second kappa shape index (κ2) is 25.7. The molecule has 0 aliphatic carbocycles. The zero-order chi connectivity index (χ0) is 64.0. The first-order chi connectivity index (χ1) is 41.7. The number of hydrogen-bond acceptors (Lipinski definition) is 21. The zero-order valence-corrected chi connectivity index (χ0v) is 48.3. The molecule has 9 aromatic rings. The third kappa shape index (κ3) is 14.2. The van der Waals surface area contributed by atoms with Crippen molar-refractivity contribution >= 4 is 51.0 Å². The van der Waals surface area contributed by atoms with Gasteiger partial charge >= 0.3 is 18.3 Å². The van der Waals surface area contributed by atoms with Crippen LogP contribution in [0.1, 0.15) is 60.8 Å². The molecular weight excluding hydrogens is 1190 g/mol. The smallest absolute Gasteiger partial charge is 0.435 e. The zero-order valence-electron chi connectivity index (χ0n) is 47.5. The highest BCUT2D eigenvalue weighted by Gasteiger charge is 2.37. The van der Waals surface area contributed by atoms with E-state index >= 15 is 0 Å². The highest BCUT2D eigenvalue weighted by atomic mass is 32.2. The highest BCUT2D eigenvalue weighted by Crippen LogP contribution is 2.37. The van der Waals surface area contributed by atoms with Crippen LogP contribution in [-0.2, 0) is 22.4 Å². The molecule has 1 amide bonds. The number of halogens is 6. The summed E-state index contributed by atoms with van der Waals surface area (Å²) < 4.78 is 143. The van der Waals surface area contributed by atoms with Crippen molar-refractivity contribution < 1.29 is 82.7 Å². The van der Waals surface area contributed by atoms with Crippen molar-refractivity contribution in [3.8, 4) is 68.6 Å². The van der Waals surface area contributed by atoms with E-state index in [9.17, 15) is 54.3 Å². The van der Waals surface area contributed by atoms with E-state index in [0.717, 1.165) is 27.6 Å². The number of carboxylic acids is 1. The quantitative estimate of drug-likeness (QED) is 0.0432. The van der Waals surface area contributed by atoms with E-state index in [2.05, 4.69) is 50.7 Å². The number of pyridine rings is 2. The van der Waals surface area contributed by atoms with Crippen LogP contribution in [0.25, 0.3) is 33.9 Å². The number of aromatic nitrogens is 10. The van der Waals surface area contributed by atoms with Crippen molar-refractivity contribution in [3.63, 3.8) is 0 Å². The second-order valence-electron chi connectivity index (χ2n) is 18.4. The first kappa shape index (κ1) is 63.1. The number of alkyl halides is 6. The number of aromatic carboxylic acids is 1. The SMILES string of the molecule is COc1cc(Nc2ncc(-c3cnc(OC)c(C(=O)NS(=O)(=O)c4cccc(C(C)=O)c4)c3)c(-n3nc(C(F)(F)F)cc3C)n2)cc(OC)c1.COc1cc(Nc2ncc(-c3cnc(OC)c(C(=O)O)c3)c(-n3nc(C(F)(F)F)cc3C)n2)cc(OC)c1. The summed E-state index contributed by atoms with van der Waals surface area (Å²) in [5, 5.41) is 22.9. The lowest BCUT2D eigenvalue weighted by molar-refractivity contribution is -0.142. The van der Waals surface area contributed by atoms with Gasteiger partial charge in [-0.3, -0.25) is 9.59 Å². The monoisotopic (exact) mass is 1240 g/mol. The Morgan fingerprint density at radius 3 is 1.34 bits per heavy atom. The number of nitrogens with one attached hydrogen (secondary N) is 3. The van der Waals surface area contributed by atoms with Gasteiger partial charge in [0, 0.05) is 112 Å². The minimum absolute atomic E-state index is 0.0162. The third-order valence-corrected chi connectivity index (χ3v) is 13.8.